The van der Waals surface area contributed by atoms with E-state index in [1.54, 1.807) is 62.6 Å². The Balaban J connectivity index is 1.44. The first-order chi connectivity index (χ1) is 14.5. The zero-order valence-electron chi connectivity index (χ0n) is 16.4. The van der Waals surface area contributed by atoms with Gasteiger partial charge in [-0.2, -0.15) is 10.2 Å². The Bertz CT molecular complexity index is 1150. The Morgan fingerprint density at radius 2 is 1.87 bits per heavy atom. The quantitative estimate of drug-likeness (QED) is 0.501. The summed E-state index contributed by atoms with van der Waals surface area (Å²) in [5.74, 6) is 0.502. The highest BCUT2D eigenvalue weighted by atomic mass is 16.7. The van der Waals surface area contributed by atoms with Crippen LogP contribution in [0.2, 0.25) is 0 Å². The molecule has 152 valence electrons. The second-order valence-corrected chi connectivity index (χ2v) is 6.58. The Kier molecular flexibility index (Phi) is 5.17. The summed E-state index contributed by atoms with van der Waals surface area (Å²) in [6.07, 6.45) is 1.56. The molecule has 0 bridgehead atoms. The Labute approximate surface area is 172 Å². The van der Waals surface area contributed by atoms with Crippen LogP contribution in [-0.4, -0.2) is 34.1 Å². The molecule has 2 amide bonds. The van der Waals surface area contributed by atoms with Gasteiger partial charge in [0.05, 0.1) is 5.71 Å². The predicted octanol–water partition coefficient (Wildman–Crippen LogP) is 2.56. The second kappa shape index (κ2) is 8.08. The molecular formula is C21H19N5O4. The van der Waals surface area contributed by atoms with Crippen molar-refractivity contribution in [3.8, 4) is 11.5 Å². The van der Waals surface area contributed by atoms with Crippen LogP contribution < -0.4 is 20.2 Å². The molecule has 0 fully saturated rings. The van der Waals surface area contributed by atoms with Crippen molar-refractivity contribution in [2.24, 2.45) is 12.1 Å². The van der Waals surface area contributed by atoms with E-state index in [1.807, 2.05) is 6.07 Å². The first kappa shape index (κ1) is 19.2. The smallest absolute Gasteiger partial charge is 0.273 e. The molecule has 4 rings (SSSR count). The van der Waals surface area contributed by atoms with Crippen molar-refractivity contribution < 1.29 is 19.1 Å². The van der Waals surface area contributed by atoms with Crippen molar-refractivity contribution in [3.63, 3.8) is 0 Å². The van der Waals surface area contributed by atoms with Gasteiger partial charge in [-0.05, 0) is 48.9 Å². The number of aromatic nitrogens is 2. The van der Waals surface area contributed by atoms with Crippen molar-refractivity contribution in [1.29, 1.82) is 0 Å². The number of nitrogens with one attached hydrogen (secondary N) is 2. The molecule has 30 heavy (non-hydrogen) atoms. The van der Waals surface area contributed by atoms with Crippen LogP contribution in [0.25, 0.3) is 0 Å². The Morgan fingerprint density at radius 1 is 1.03 bits per heavy atom. The van der Waals surface area contributed by atoms with E-state index < -0.39 is 0 Å². The lowest BCUT2D eigenvalue weighted by atomic mass is 10.1. The van der Waals surface area contributed by atoms with Crippen LogP contribution in [-0.2, 0) is 7.05 Å². The number of nitrogens with zero attached hydrogens (tertiary/aromatic N) is 3. The minimum absolute atomic E-state index is 0.144. The minimum Gasteiger partial charge on any atom is -0.454 e. The standard InChI is InChI=1S/C21H19N5O4/c1-13(24-25-20(27)15-6-7-18-19(11-15)30-12-29-18)14-4-3-5-16(10-14)23-21(28)17-8-9-22-26(17)2/h3-11H,12H2,1-2H3,(H,23,28)(H,25,27)/b24-13+. The van der Waals surface area contributed by atoms with Crippen LogP contribution in [0.15, 0.2) is 59.8 Å². The number of hydrogen-bond donors (Lipinski definition) is 2. The number of carbonyl (C=O) groups is 2. The lowest BCUT2D eigenvalue weighted by Gasteiger charge is -2.08. The van der Waals surface area contributed by atoms with E-state index in [1.165, 1.54) is 4.68 Å². The number of amides is 2. The van der Waals surface area contributed by atoms with Gasteiger partial charge in [-0.1, -0.05) is 12.1 Å². The van der Waals surface area contributed by atoms with Crippen LogP contribution in [0.1, 0.15) is 33.3 Å². The highest BCUT2D eigenvalue weighted by molar-refractivity contribution is 6.05. The minimum atomic E-state index is -0.367. The van der Waals surface area contributed by atoms with Gasteiger partial charge in [0.15, 0.2) is 11.5 Å². The zero-order valence-corrected chi connectivity index (χ0v) is 16.4. The molecule has 0 aliphatic carbocycles. The molecule has 0 radical (unpaired) electrons. The molecule has 2 aromatic carbocycles. The zero-order chi connectivity index (χ0) is 21.1. The van der Waals surface area contributed by atoms with Crippen LogP contribution >= 0.6 is 0 Å². The maximum Gasteiger partial charge on any atom is 0.273 e. The molecular weight excluding hydrogens is 386 g/mol. The van der Waals surface area contributed by atoms with Gasteiger partial charge >= 0.3 is 0 Å². The molecule has 2 N–H and O–H groups in total. The summed E-state index contributed by atoms with van der Waals surface area (Å²) in [7, 11) is 1.70. The first-order valence-electron chi connectivity index (χ1n) is 9.15. The van der Waals surface area contributed by atoms with Crippen LogP contribution in [0.4, 0.5) is 5.69 Å². The summed E-state index contributed by atoms with van der Waals surface area (Å²) in [5, 5.41) is 11.0. The molecule has 9 nitrogen and oxygen atoms in total. The van der Waals surface area contributed by atoms with Crippen LogP contribution in [0, 0.1) is 0 Å². The normalized spacial score (nSPS) is 12.5. The molecule has 0 saturated carbocycles. The van der Waals surface area contributed by atoms with E-state index in [9.17, 15) is 9.59 Å². The Morgan fingerprint density at radius 3 is 2.67 bits per heavy atom. The average molecular weight is 405 g/mol. The number of aryl methyl sites for hydroxylation is 1. The average Bonchev–Trinajstić information content (AvgIpc) is 3.40. The summed E-state index contributed by atoms with van der Waals surface area (Å²) in [6.45, 7) is 1.91. The molecule has 0 spiro atoms. The Hall–Kier alpha value is -4.14. The van der Waals surface area contributed by atoms with Gasteiger partial charge in [-0.15, -0.1) is 0 Å². The molecule has 0 atom stereocenters. The van der Waals surface area contributed by atoms with Crippen molar-refractivity contribution in [3.05, 3.63) is 71.5 Å². The first-order valence-corrected chi connectivity index (χ1v) is 9.15. The molecule has 3 aromatic rings. The highest BCUT2D eigenvalue weighted by Crippen LogP contribution is 2.32. The number of benzene rings is 2. The molecule has 9 heteroatoms. The predicted molar refractivity (Wildman–Crippen MR) is 110 cm³/mol. The highest BCUT2D eigenvalue weighted by Gasteiger charge is 2.16. The SMILES string of the molecule is C/C(=N\NC(=O)c1ccc2c(c1)OCO2)c1cccc(NC(=O)c2ccnn2C)c1. The summed E-state index contributed by atoms with van der Waals surface area (Å²) in [4.78, 5) is 24.7. The van der Waals surface area contributed by atoms with Gasteiger partial charge in [0, 0.05) is 24.5 Å². The number of fused-ring (bicyclic) bond motifs is 1. The van der Waals surface area contributed by atoms with E-state index in [-0.39, 0.29) is 18.6 Å². The van der Waals surface area contributed by atoms with E-state index in [4.69, 9.17) is 9.47 Å². The van der Waals surface area contributed by atoms with Crippen molar-refractivity contribution in [2.75, 3.05) is 12.1 Å². The van der Waals surface area contributed by atoms with E-state index >= 15 is 0 Å². The number of hydrazone groups is 1. The van der Waals surface area contributed by atoms with Gasteiger partial charge in [0.2, 0.25) is 6.79 Å². The van der Waals surface area contributed by atoms with Crippen molar-refractivity contribution in [2.45, 2.75) is 6.92 Å². The lowest BCUT2D eigenvalue weighted by molar-refractivity contribution is 0.0953. The van der Waals surface area contributed by atoms with Gasteiger partial charge in [-0.25, -0.2) is 5.43 Å². The lowest BCUT2D eigenvalue weighted by Crippen LogP contribution is -2.19. The molecule has 1 aliphatic heterocycles. The fourth-order valence-corrected chi connectivity index (χ4v) is 2.92. The summed E-state index contributed by atoms with van der Waals surface area (Å²) < 4.78 is 12.0. The van der Waals surface area contributed by atoms with Crippen LogP contribution in [0.5, 0.6) is 11.5 Å². The maximum atomic E-state index is 12.4. The fourth-order valence-electron chi connectivity index (χ4n) is 2.92. The second-order valence-electron chi connectivity index (χ2n) is 6.58. The maximum absolute atomic E-state index is 12.4. The van der Waals surface area contributed by atoms with Gasteiger partial charge in [0.1, 0.15) is 5.69 Å². The summed E-state index contributed by atoms with van der Waals surface area (Å²) >= 11 is 0. The van der Waals surface area contributed by atoms with E-state index in [2.05, 4.69) is 20.9 Å². The third kappa shape index (κ3) is 4.00. The topological polar surface area (TPSA) is 107 Å². The number of carbonyl (C=O) groups excluding carboxylic acids is 2. The number of anilines is 1. The summed E-state index contributed by atoms with van der Waals surface area (Å²) in [5.41, 5.74) is 5.33. The van der Waals surface area contributed by atoms with Gasteiger partial charge in [0.25, 0.3) is 11.8 Å². The van der Waals surface area contributed by atoms with Crippen molar-refractivity contribution >= 4 is 23.2 Å². The van der Waals surface area contributed by atoms with E-state index in [0.717, 1.165) is 5.56 Å². The monoisotopic (exact) mass is 405 g/mol. The molecule has 0 unspecified atom stereocenters. The number of hydrogen-bond acceptors (Lipinski definition) is 6. The largest absolute Gasteiger partial charge is 0.454 e. The van der Waals surface area contributed by atoms with E-state index in [0.29, 0.717) is 34.2 Å². The van der Waals surface area contributed by atoms with Crippen LogP contribution in [0.3, 0.4) is 0 Å². The fraction of sp³-hybridized carbons (Fsp3) is 0.143. The van der Waals surface area contributed by atoms with Crippen molar-refractivity contribution in [1.82, 2.24) is 15.2 Å². The number of rotatable bonds is 5. The van der Waals surface area contributed by atoms with Gasteiger partial charge in [-0.3, -0.25) is 14.3 Å². The third-order valence-electron chi connectivity index (χ3n) is 4.55. The van der Waals surface area contributed by atoms with Gasteiger partial charge < -0.3 is 14.8 Å². The third-order valence-corrected chi connectivity index (χ3v) is 4.55. The summed E-state index contributed by atoms with van der Waals surface area (Å²) in [6, 6.07) is 13.8. The molecule has 1 aromatic heterocycles. The number of ether oxygens (including phenoxy) is 2. The molecule has 0 saturated heterocycles. The molecule has 2 heterocycles. The molecule has 1 aliphatic rings.